The molecule has 0 saturated heterocycles. The molecule has 2 nitrogen and oxygen atoms in total. The van der Waals surface area contributed by atoms with Gasteiger partial charge in [0.1, 0.15) is 0 Å². The summed E-state index contributed by atoms with van der Waals surface area (Å²) in [5.74, 6) is 2.64. The van der Waals surface area contributed by atoms with Crippen molar-refractivity contribution in [2.45, 2.75) is 13.0 Å². The van der Waals surface area contributed by atoms with Gasteiger partial charge in [-0.2, -0.15) is 0 Å². The van der Waals surface area contributed by atoms with Crippen molar-refractivity contribution >= 4 is 0 Å². The van der Waals surface area contributed by atoms with Crippen LogP contribution >= 0.6 is 0 Å². The molecule has 0 spiro atoms. The van der Waals surface area contributed by atoms with Gasteiger partial charge < -0.3 is 4.74 Å². The van der Waals surface area contributed by atoms with Crippen molar-refractivity contribution in [3.05, 3.63) is 0 Å². The van der Waals surface area contributed by atoms with E-state index in [2.05, 4.69) is 10.8 Å². The first-order chi connectivity index (χ1) is 4.72. The van der Waals surface area contributed by atoms with Crippen LogP contribution < -0.4 is 0 Å². The van der Waals surface area contributed by atoms with E-state index in [-0.39, 0.29) is 6.04 Å². The molecule has 0 heterocycles. The Morgan fingerprint density at radius 2 is 2.30 bits per heavy atom. The molecular formula is C8H15NO. The number of hydrogen-bond acceptors (Lipinski definition) is 2. The lowest BCUT2D eigenvalue weighted by molar-refractivity contribution is 0.154. The Balaban J connectivity index is 3.43. The number of ether oxygens (including phenoxy) is 1. The largest absolute Gasteiger partial charge is 0.383 e. The van der Waals surface area contributed by atoms with Gasteiger partial charge in [-0.3, -0.25) is 4.90 Å². The van der Waals surface area contributed by atoms with E-state index in [4.69, 9.17) is 11.2 Å². The van der Waals surface area contributed by atoms with Crippen LogP contribution in [0.1, 0.15) is 6.92 Å². The van der Waals surface area contributed by atoms with Crippen LogP contribution in [-0.2, 0) is 4.74 Å². The maximum atomic E-state index is 5.21. The number of terminal acetylenes is 1. The van der Waals surface area contributed by atoms with Gasteiger partial charge in [0.05, 0.1) is 12.6 Å². The Morgan fingerprint density at radius 1 is 1.70 bits per heavy atom. The first-order valence-electron chi connectivity index (χ1n) is 3.37. The number of likely N-dealkylation sites (N-methyl/N-ethyl adjacent to an activating group) is 1. The minimum Gasteiger partial charge on any atom is -0.383 e. The van der Waals surface area contributed by atoms with E-state index in [1.165, 1.54) is 0 Å². The molecule has 0 fully saturated rings. The molecule has 0 saturated carbocycles. The van der Waals surface area contributed by atoms with E-state index in [9.17, 15) is 0 Å². The SMILES string of the molecule is C#C[C@@H](C)N(C)CCOC. The number of methoxy groups -OCH3 is 1. The molecule has 10 heavy (non-hydrogen) atoms. The molecule has 0 radical (unpaired) electrons. The molecule has 2 heteroatoms. The van der Waals surface area contributed by atoms with Gasteiger partial charge in [0.15, 0.2) is 0 Å². The Hall–Kier alpha value is -0.520. The summed E-state index contributed by atoms with van der Waals surface area (Å²) >= 11 is 0. The lowest BCUT2D eigenvalue weighted by Gasteiger charge is -2.18. The van der Waals surface area contributed by atoms with Crippen LogP contribution in [0.5, 0.6) is 0 Å². The van der Waals surface area contributed by atoms with E-state index in [1.807, 2.05) is 14.0 Å². The van der Waals surface area contributed by atoms with E-state index < -0.39 is 0 Å². The monoisotopic (exact) mass is 141 g/mol. The quantitative estimate of drug-likeness (QED) is 0.531. The van der Waals surface area contributed by atoms with Crippen molar-refractivity contribution in [2.75, 3.05) is 27.3 Å². The van der Waals surface area contributed by atoms with Crippen LogP contribution in [0.25, 0.3) is 0 Å². The highest BCUT2D eigenvalue weighted by Gasteiger charge is 2.02. The van der Waals surface area contributed by atoms with Crippen LogP contribution in [0.15, 0.2) is 0 Å². The van der Waals surface area contributed by atoms with Crippen LogP contribution in [0.4, 0.5) is 0 Å². The van der Waals surface area contributed by atoms with Gasteiger partial charge in [0.25, 0.3) is 0 Å². The topological polar surface area (TPSA) is 12.5 Å². The molecule has 0 amide bonds. The summed E-state index contributed by atoms with van der Waals surface area (Å²) in [4.78, 5) is 2.07. The molecular weight excluding hydrogens is 126 g/mol. The highest BCUT2D eigenvalue weighted by atomic mass is 16.5. The first kappa shape index (κ1) is 9.48. The molecule has 0 bridgehead atoms. The fraction of sp³-hybridized carbons (Fsp3) is 0.750. The van der Waals surface area contributed by atoms with Crippen molar-refractivity contribution < 1.29 is 4.74 Å². The van der Waals surface area contributed by atoms with Crippen molar-refractivity contribution in [1.82, 2.24) is 4.90 Å². The summed E-state index contributed by atoms with van der Waals surface area (Å²) in [5, 5.41) is 0. The molecule has 1 atom stereocenters. The van der Waals surface area contributed by atoms with Gasteiger partial charge in [-0.25, -0.2) is 0 Å². The Bertz CT molecular complexity index is 117. The maximum absolute atomic E-state index is 5.21. The second kappa shape index (κ2) is 5.28. The molecule has 58 valence electrons. The molecule has 0 N–H and O–H groups in total. The zero-order valence-electron chi connectivity index (χ0n) is 6.92. The van der Waals surface area contributed by atoms with Crippen LogP contribution in [0.3, 0.4) is 0 Å². The van der Waals surface area contributed by atoms with E-state index in [0.717, 1.165) is 13.2 Å². The fourth-order valence-corrected chi connectivity index (χ4v) is 0.556. The second-order valence-electron chi connectivity index (χ2n) is 2.32. The first-order valence-corrected chi connectivity index (χ1v) is 3.37. The number of hydrogen-bond donors (Lipinski definition) is 0. The van der Waals surface area contributed by atoms with Crippen molar-refractivity contribution in [1.29, 1.82) is 0 Å². The zero-order chi connectivity index (χ0) is 7.98. The minimum atomic E-state index is 0.204. The van der Waals surface area contributed by atoms with Crippen molar-refractivity contribution in [3.8, 4) is 12.3 Å². The molecule has 0 aliphatic heterocycles. The lowest BCUT2D eigenvalue weighted by Crippen LogP contribution is -2.30. The summed E-state index contributed by atoms with van der Waals surface area (Å²) < 4.78 is 4.90. The third-order valence-corrected chi connectivity index (χ3v) is 1.55. The Morgan fingerprint density at radius 3 is 2.70 bits per heavy atom. The number of nitrogens with zero attached hydrogens (tertiary/aromatic N) is 1. The Labute approximate surface area is 63.2 Å². The molecule has 0 aromatic rings. The standard InChI is InChI=1S/C8H15NO/c1-5-8(2)9(3)6-7-10-4/h1,8H,6-7H2,2-4H3/t8-/m1/s1. The highest BCUT2D eigenvalue weighted by Crippen LogP contribution is 1.91. The third-order valence-electron chi connectivity index (χ3n) is 1.55. The Kier molecular flexibility index (Phi) is 5.00. The summed E-state index contributed by atoms with van der Waals surface area (Å²) in [6.07, 6.45) is 5.21. The highest BCUT2D eigenvalue weighted by molar-refractivity contribution is 4.96. The van der Waals surface area contributed by atoms with Gasteiger partial charge in [-0.15, -0.1) is 6.42 Å². The van der Waals surface area contributed by atoms with Gasteiger partial charge >= 0.3 is 0 Å². The van der Waals surface area contributed by atoms with Crippen molar-refractivity contribution in [3.63, 3.8) is 0 Å². The maximum Gasteiger partial charge on any atom is 0.0681 e. The van der Waals surface area contributed by atoms with E-state index in [1.54, 1.807) is 7.11 Å². The predicted molar refractivity (Wildman–Crippen MR) is 42.8 cm³/mol. The molecule has 0 unspecified atom stereocenters. The molecule has 0 aromatic carbocycles. The third kappa shape index (κ3) is 3.49. The summed E-state index contributed by atoms with van der Waals surface area (Å²) in [5.41, 5.74) is 0. The summed E-state index contributed by atoms with van der Waals surface area (Å²) in [7, 11) is 3.68. The lowest BCUT2D eigenvalue weighted by atomic mass is 10.3. The van der Waals surface area contributed by atoms with Gasteiger partial charge in [-0.1, -0.05) is 5.92 Å². The van der Waals surface area contributed by atoms with Crippen LogP contribution in [0.2, 0.25) is 0 Å². The zero-order valence-corrected chi connectivity index (χ0v) is 6.92. The van der Waals surface area contributed by atoms with Gasteiger partial charge in [0, 0.05) is 13.7 Å². The van der Waals surface area contributed by atoms with Crippen LogP contribution in [0, 0.1) is 12.3 Å². The minimum absolute atomic E-state index is 0.204. The smallest absolute Gasteiger partial charge is 0.0681 e. The van der Waals surface area contributed by atoms with Crippen LogP contribution in [-0.4, -0.2) is 38.3 Å². The van der Waals surface area contributed by atoms with E-state index in [0.29, 0.717) is 0 Å². The van der Waals surface area contributed by atoms with E-state index >= 15 is 0 Å². The summed E-state index contributed by atoms with van der Waals surface area (Å²) in [6, 6.07) is 0.204. The molecule has 0 rings (SSSR count). The molecule has 0 aliphatic rings. The van der Waals surface area contributed by atoms with Crippen molar-refractivity contribution in [2.24, 2.45) is 0 Å². The fourth-order valence-electron chi connectivity index (χ4n) is 0.556. The average Bonchev–Trinajstić information content (AvgIpc) is 1.98. The normalized spacial score (nSPS) is 13.1. The van der Waals surface area contributed by atoms with Gasteiger partial charge in [-0.05, 0) is 14.0 Å². The van der Waals surface area contributed by atoms with Gasteiger partial charge in [0.2, 0.25) is 0 Å². The predicted octanol–water partition coefficient (Wildman–Crippen LogP) is 0.586. The molecule has 0 aliphatic carbocycles. The summed E-state index contributed by atoms with van der Waals surface area (Å²) in [6.45, 7) is 3.63. The average molecular weight is 141 g/mol. The second-order valence-corrected chi connectivity index (χ2v) is 2.32. The number of rotatable bonds is 4. The molecule has 0 aromatic heterocycles.